The standard InChI is InChI=1S/C17H15N5O/c1-10-5-12(10)13-8-22(14-6-11(7-18)3-4-19-14)16-15(13)17(23-2)21-9-20-16/h3-4,6,8-10,12H,5H2,1-2H3. The van der Waals surface area contributed by atoms with E-state index in [4.69, 9.17) is 10.00 Å². The van der Waals surface area contributed by atoms with Crippen LogP contribution in [0, 0.1) is 17.2 Å². The number of pyridine rings is 1. The molecule has 23 heavy (non-hydrogen) atoms. The number of hydrogen-bond acceptors (Lipinski definition) is 5. The second-order valence-corrected chi connectivity index (χ2v) is 5.87. The van der Waals surface area contributed by atoms with Gasteiger partial charge < -0.3 is 4.74 Å². The van der Waals surface area contributed by atoms with Crippen LogP contribution in [-0.4, -0.2) is 26.6 Å². The Morgan fingerprint density at radius 2 is 2.17 bits per heavy atom. The van der Waals surface area contributed by atoms with Crippen LogP contribution in [0.5, 0.6) is 5.88 Å². The summed E-state index contributed by atoms with van der Waals surface area (Å²) in [4.78, 5) is 13.1. The lowest BCUT2D eigenvalue weighted by Crippen LogP contribution is -1.98. The van der Waals surface area contributed by atoms with Gasteiger partial charge in [-0.1, -0.05) is 6.92 Å². The minimum Gasteiger partial charge on any atom is -0.480 e. The quantitative estimate of drug-likeness (QED) is 0.743. The van der Waals surface area contributed by atoms with Gasteiger partial charge in [-0.25, -0.2) is 15.0 Å². The molecule has 1 aliphatic rings. The number of methoxy groups -OCH3 is 1. The first-order chi connectivity index (χ1) is 11.2. The molecule has 2 unspecified atom stereocenters. The maximum Gasteiger partial charge on any atom is 0.226 e. The molecule has 1 saturated carbocycles. The van der Waals surface area contributed by atoms with Gasteiger partial charge in [-0.2, -0.15) is 5.26 Å². The third-order valence-electron chi connectivity index (χ3n) is 4.40. The molecule has 6 heteroatoms. The van der Waals surface area contributed by atoms with Crippen LogP contribution in [0.1, 0.15) is 30.4 Å². The summed E-state index contributed by atoms with van der Waals surface area (Å²) in [6, 6.07) is 5.59. The summed E-state index contributed by atoms with van der Waals surface area (Å²) in [5.41, 5.74) is 2.52. The predicted octanol–water partition coefficient (Wildman–Crippen LogP) is 2.82. The van der Waals surface area contributed by atoms with Crippen LogP contribution in [0.3, 0.4) is 0 Å². The van der Waals surface area contributed by atoms with E-state index in [1.807, 2.05) is 4.57 Å². The van der Waals surface area contributed by atoms with Crippen molar-refractivity contribution in [2.24, 2.45) is 5.92 Å². The molecule has 3 heterocycles. The first-order valence-electron chi connectivity index (χ1n) is 7.49. The van der Waals surface area contributed by atoms with Crippen LogP contribution < -0.4 is 4.74 Å². The molecular weight excluding hydrogens is 290 g/mol. The van der Waals surface area contributed by atoms with Crippen LogP contribution in [-0.2, 0) is 0 Å². The summed E-state index contributed by atoms with van der Waals surface area (Å²) in [5, 5.41) is 10.0. The molecule has 0 spiro atoms. The Bertz CT molecular complexity index is 940. The number of aromatic nitrogens is 4. The van der Waals surface area contributed by atoms with Crippen molar-refractivity contribution in [3.8, 4) is 17.8 Å². The van der Waals surface area contributed by atoms with Gasteiger partial charge in [-0.3, -0.25) is 4.57 Å². The third-order valence-corrected chi connectivity index (χ3v) is 4.40. The van der Waals surface area contributed by atoms with E-state index >= 15 is 0 Å². The number of ether oxygens (including phenoxy) is 1. The summed E-state index contributed by atoms with van der Waals surface area (Å²) in [7, 11) is 1.62. The predicted molar refractivity (Wildman–Crippen MR) is 84.4 cm³/mol. The van der Waals surface area contributed by atoms with Crippen molar-refractivity contribution in [1.82, 2.24) is 19.5 Å². The molecule has 1 fully saturated rings. The molecule has 6 nitrogen and oxygen atoms in total. The van der Waals surface area contributed by atoms with Crippen molar-refractivity contribution < 1.29 is 4.74 Å². The number of nitriles is 1. The lowest BCUT2D eigenvalue weighted by molar-refractivity contribution is 0.402. The van der Waals surface area contributed by atoms with E-state index in [-0.39, 0.29) is 0 Å². The normalized spacial score (nSPS) is 19.5. The van der Waals surface area contributed by atoms with Gasteiger partial charge in [-0.05, 0) is 36.0 Å². The molecule has 0 bridgehead atoms. The van der Waals surface area contributed by atoms with E-state index in [0.717, 1.165) is 17.5 Å². The summed E-state index contributed by atoms with van der Waals surface area (Å²) in [6.07, 6.45) is 6.34. The maximum atomic E-state index is 9.11. The molecule has 3 aromatic heterocycles. The van der Waals surface area contributed by atoms with Crippen LogP contribution >= 0.6 is 0 Å². The van der Waals surface area contributed by atoms with E-state index in [1.54, 1.807) is 25.4 Å². The topological polar surface area (TPSA) is 76.6 Å². The Kier molecular flexibility index (Phi) is 3.01. The summed E-state index contributed by atoms with van der Waals surface area (Å²) >= 11 is 0. The van der Waals surface area contributed by atoms with Crippen molar-refractivity contribution in [2.75, 3.05) is 7.11 Å². The molecule has 0 aromatic carbocycles. The summed E-state index contributed by atoms with van der Waals surface area (Å²) in [5.74, 6) is 2.41. The van der Waals surface area contributed by atoms with Gasteiger partial charge in [-0.15, -0.1) is 0 Å². The van der Waals surface area contributed by atoms with Crippen LogP contribution in [0.2, 0.25) is 0 Å². The Balaban J connectivity index is 1.99. The molecule has 0 radical (unpaired) electrons. The van der Waals surface area contributed by atoms with Gasteiger partial charge in [0.25, 0.3) is 0 Å². The lowest BCUT2D eigenvalue weighted by Gasteiger charge is -2.04. The number of fused-ring (bicyclic) bond motifs is 1. The van der Waals surface area contributed by atoms with Crippen molar-refractivity contribution in [3.05, 3.63) is 42.0 Å². The van der Waals surface area contributed by atoms with Crippen molar-refractivity contribution in [3.63, 3.8) is 0 Å². The Labute approximate surface area is 133 Å². The smallest absolute Gasteiger partial charge is 0.226 e. The highest BCUT2D eigenvalue weighted by Gasteiger charge is 2.37. The monoisotopic (exact) mass is 305 g/mol. The molecule has 114 valence electrons. The first kappa shape index (κ1) is 13.7. The fourth-order valence-electron chi connectivity index (χ4n) is 3.05. The van der Waals surface area contributed by atoms with Crippen molar-refractivity contribution in [1.29, 1.82) is 5.26 Å². The van der Waals surface area contributed by atoms with E-state index in [0.29, 0.717) is 29.1 Å². The molecule has 2 atom stereocenters. The van der Waals surface area contributed by atoms with Crippen molar-refractivity contribution in [2.45, 2.75) is 19.3 Å². The molecule has 0 N–H and O–H groups in total. The lowest BCUT2D eigenvalue weighted by atomic mass is 10.1. The molecular formula is C17H15N5O. The van der Waals surface area contributed by atoms with Gasteiger partial charge in [0, 0.05) is 12.4 Å². The summed E-state index contributed by atoms with van der Waals surface area (Å²) in [6.45, 7) is 2.23. The van der Waals surface area contributed by atoms with Crippen molar-refractivity contribution >= 4 is 11.0 Å². The fraction of sp³-hybridized carbons (Fsp3) is 0.294. The number of rotatable bonds is 3. The van der Waals surface area contributed by atoms with E-state index in [1.165, 1.54) is 11.9 Å². The zero-order valence-electron chi connectivity index (χ0n) is 12.9. The number of hydrogen-bond donors (Lipinski definition) is 0. The van der Waals surface area contributed by atoms with Crippen LogP contribution in [0.15, 0.2) is 30.9 Å². The maximum absolute atomic E-state index is 9.11. The van der Waals surface area contributed by atoms with Gasteiger partial charge in [0.2, 0.25) is 5.88 Å². The second-order valence-electron chi connectivity index (χ2n) is 5.87. The zero-order valence-corrected chi connectivity index (χ0v) is 12.9. The molecule has 4 rings (SSSR count). The molecule has 3 aromatic rings. The minimum atomic E-state index is 0.498. The van der Waals surface area contributed by atoms with E-state index < -0.39 is 0 Å². The highest BCUT2D eigenvalue weighted by atomic mass is 16.5. The van der Waals surface area contributed by atoms with Crippen LogP contribution in [0.25, 0.3) is 16.9 Å². The molecule has 0 aliphatic heterocycles. The first-order valence-corrected chi connectivity index (χ1v) is 7.49. The Hall–Kier alpha value is -2.94. The summed E-state index contributed by atoms with van der Waals surface area (Å²) < 4.78 is 7.36. The number of nitrogens with zero attached hydrogens (tertiary/aromatic N) is 5. The molecule has 0 saturated heterocycles. The van der Waals surface area contributed by atoms with E-state index in [9.17, 15) is 0 Å². The Morgan fingerprint density at radius 3 is 2.87 bits per heavy atom. The van der Waals surface area contributed by atoms with Gasteiger partial charge in [0.15, 0.2) is 5.65 Å². The largest absolute Gasteiger partial charge is 0.480 e. The SMILES string of the molecule is COc1ncnc2c1c(C1CC1C)cn2-c1cc(C#N)ccn1. The molecule has 1 aliphatic carbocycles. The van der Waals surface area contributed by atoms with Gasteiger partial charge >= 0.3 is 0 Å². The average molecular weight is 305 g/mol. The third kappa shape index (κ3) is 2.13. The second kappa shape index (κ2) is 5.06. The van der Waals surface area contributed by atoms with Crippen LogP contribution in [0.4, 0.5) is 0 Å². The van der Waals surface area contributed by atoms with Gasteiger partial charge in [0.05, 0.1) is 24.1 Å². The molecule has 0 amide bonds. The Morgan fingerprint density at radius 1 is 1.35 bits per heavy atom. The average Bonchev–Trinajstić information content (AvgIpc) is 3.19. The minimum absolute atomic E-state index is 0.498. The highest BCUT2D eigenvalue weighted by molar-refractivity contribution is 5.87. The van der Waals surface area contributed by atoms with Gasteiger partial charge in [0.1, 0.15) is 12.1 Å². The zero-order chi connectivity index (χ0) is 16.0. The van der Waals surface area contributed by atoms with E-state index in [2.05, 4.69) is 34.1 Å². The fourth-order valence-corrected chi connectivity index (χ4v) is 3.05. The highest BCUT2D eigenvalue weighted by Crippen LogP contribution is 2.50.